The molecule has 1 aromatic heterocycles. The van der Waals surface area contributed by atoms with E-state index in [4.69, 9.17) is 23.2 Å². The normalized spacial score (nSPS) is 11.7. The molecule has 0 unspecified atom stereocenters. The van der Waals surface area contributed by atoms with Gasteiger partial charge in [0, 0.05) is 6.42 Å². The lowest BCUT2D eigenvalue weighted by atomic mass is 10.2. The van der Waals surface area contributed by atoms with Crippen molar-refractivity contribution in [1.82, 2.24) is 15.2 Å². The summed E-state index contributed by atoms with van der Waals surface area (Å²) in [4.78, 5) is 15.7. The summed E-state index contributed by atoms with van der Waals surface area (Å²) in [5.41, 5.74) is 0.531. The molecule has 0 bridgehead atoms. The lowest BCUT2D eigenvalue weighted by Crippen LogP contribution is -1.97. The Kier molecular flexibility index (Phi) is 5.88. The molecule has 0 atom stereocenters. The standard InChI is InChI=1S/C14H13Cl2N3O2S/c1-2-4-11-17-14(19-18-11)22-10(13(20)21)7-8-5-3-6-9(15)12(8)16/h3,5-7H,2,4H2,1H3,(H,20,21)(H,17,18,19)/b10-7-. The van der Waals surface area contributed by atoms with Crippen LogP contribution in [0.4, 0.5) is 0 Å². The van der Waals surface area contributed by atoms with Crippen molar-refractivity contribution >= 4 is 47.0 Å². The van der Waals surface area contributed by atoms with Crippen LogP contribution in [0.25, 0.3) is 6.08 Å². The number of halogens is 2. The van der Waals surface area contributed by atoms with Crippen LogP contribution in [-0.4, -0.2) is 26.3 Å². The number of H-pyrrole nitrogens is 1. The Hall–Kier alpha value is -1.50. The molecule has 0 radical (unpaired) electrons. The Morgan fingerprint density at radius 2 is 2.23 bits per heavy atom. The zero-order chi connectivity index (χ0) is 16.1. The van der Waals surface area contributed by atoms with E-state index >= 15 is 0 Å². The molecule has 0 aliphatic rings. The summed E-state index contributed by atoms with van der Waals surface area (Å²) in [6, 6.07) is 5.04. The van der Waals surface area contributed by atoms with Crippen LogP contribution in [0.5, 0.6) is 0 Å². The van der Waals surface area contributed by atoms with Crippen LogP contribution in [0.1, 0.15) is 24.7 Å². The van der Waals surface area contributed by atoms with Gasteiger partial charge in [-0.3, -0.25) is 5.10 Å². The number of carbonyl (C=O) groups is 1. The number of thioether (sulfide) groups is 1. The van der Waals surface area contributed by atoms with Gasteiger partial charge in [0.15, 0.2) is 0 Å². The monoisotopic (exact) mass is 357 g/mol. The molecule has 8 heteroatoms. The fourth-order valence-electron chi connectivity index (χ4n) is 1.68. The molecule has 0 aliphatic carbocycles. The number of aliphatic carboxylic acids is 1. The minimum absolute atomic E-state index is 0.0613. The van der Waals surface area contributed by atoms with E-state index in [-0.39, 0.29) is 4.91 Å². The molecular formula is C14H13Cl2N3O2S. The predicted octanol–water partition coefficient (Wildman–Crippen LogP) is 4.28. The zero-order valence-corrected chi connectivity index (χ0v) is 14.0. The molecule has 1 heterocycles. The van der Waals surface area contributed by atoms with E-state index < -0.39 is 5.97 Å². The fourth-order valence-corrected chi connectivity index (χ4v) is 2.76. The Morgan fingerprint density at radius 1 is 1.45 bits per heavy atom. The van der Waals surface area contributed by atoms with Gasteiger partial charge >= 0.3 is 5.97 Å². The number of nitrogens with zero attached hydrogens (tertiary/aromatic N) is 2. The van der Waals surface area contributed by atoms with Crippen LogP contribution in [0.3, 0.4) is 0 Å². The number of hydrogen-bond acceptors (Lipinski definition) is 4. The molecule has 0 spiro atoms. The van der Waals surface area contributed by atoms with E-state index in [1.54, 1.807) is 18.2 Å². The van der Waals surface area contributed by atoms with E-state index in [0.717, 1.165) is 30.4 Å². The van der Waals surface area contributed by atoms with Gasteiger partial charge in [0.2, 0.25) is 5.16 Å². The Labute approximate surface area is 141 Å². The highest BCUT2D eigenvalue weighted by molar-refractivity contribution is 8.04. The maximum absolute atomic E-state index is 11.4. The third-order valence-corrected chi connectivity index (χ3v) is 4.39. The highest BCUT2D eigenvalue weighted by atomic mass is 35.5. The van der Waals surface area contributed by atoms with Gasteiger partial charge in [0.05, 0.1) is 10.0 Å². The van der Waals surface area contributed by atoms with Crippen LogP contribution in [0.15, 0.2) is 28.3 Å². The van der Waals surface area contributed by atoms with E-state index in [9.17, 15) is 9.90 Å². The number of aryl methyl sites for hydroxylation is 1. The van der Waals surface area contributed by atoms with Gasteiger partial charge < -0.3 is 5.11 Å². The number of benzene rings is 1. The Morgan fingerprint density at radius 3 is 2.91 bits per heavy atom. The highest BCUT2D eigenvalue weighted by Crippen LogP contribution is 2.31. The number of rotatable bonds is 6. The van der Waals surface area contributed by atoms with Gasteiger partial charge in [-0.1, -0.05) is 42.3 Å². The van der Waals surface area contributed by atoms with Crippen molar-refractivity contribution in [2.75, 3.05) is 0 Å². The number of aromatic nitrogens is 3. The first kappa shape index (κ1) is 16.9. The van der Waals surface area contributed by atoms with Gasteiger partial charge in [-0.05, 0) is 35.9 Å². The number of nitrogens with one attached hydrogen (secondary N) is 1. The van der Waals surface area contributed by atoms with E-state index in [1.165, 1.54) is 6.08 Å². The molecular weight excluding hydrogens is 345 g/mol. The first-order chi connectivity index (χ1) is 10.5. The van der Waals surface area contributed by atoms with Crippen molar-refractivity contribution in [2.45, 2.75) is 24.9 Å². The maximum Gasteiger partial charge on any atom is 0.342 e. The quantitative estimate of drug-likeness (QED) is 0.595. The fraction of sp³-hybridized carbons (Fsp3) is 0.214. The van der Waals surface area contributed by atoms with Crippen LogP contribution in [0, 0.1) is 0 Å². The minimum Gasteiger partial charge on any atom is -0.477 e. The first-order valence-corrected chi connectivity index (χ1v) is 8.06. The molecule has 2 rings (SSSR count). The van der Waals surface area contributed by atoms with Crippen molar-refractivity contribution in [2.24, 2.45) is 0 Å². The maximum atomic E-state index is 11.4. The molecule has 0 aliphatic heterocycles. The average molecular weight is 358 g/mol. The lowest BCUT2D eigenvalue weighted by molar-refractivity contribution is -0.131. The Bertz CT molecular complexity index is 716. The van der Waals surface area contributed by atoms with Crippen LogP contribution in [0.2, 0.25) is 10.0 Å². The van der Waals surface area contributed by atoms with Crippen molar-refractivity contribution < 1.29 is 9.90 Å². The summed E-state index contributed by atoms with van der Waals surface area (Å²) in [5.74, 6) is -0.349. The van der Waals surface area contributed by atoms with E-state index in [0.29, 0.717) is 20.8 Å². The molecule has 2 N–H and O–H groups in total. The second-order valence-electron chi connectivity index (χ2n) is 4.37. The second-order valence-corrected chi connectivity index (χ2v) is 6.17. The van der Waals surface area contributed by atoms with Crippen LogP contribution >= 0.6 is 35.0 Å². The van der Waals surface area contributed by atoms with Gasteiger partial charge in [-0.2, -0.15) is 0 Å². The van der Waals surface area contributed by atoms with Crippen LogP contribution < -0.4 is 0 Å². The third-order valence-electron chi connectivity index (χ3n) is 2.68. The number of aromatic amines is 1. The Balaban J connectivity index is 2.27. The summed E-state index contributed by atoms with van der Waals surface area (Å²) in [5, 5.41) is 17.2. The molecule has 116 valence electrons. The smallest absolute Gasteiger partial charge is 0.342 e. The van der Waals surface area contributed by atoms with E-state index in [2.05, 4.69) is 15.2 Å². The highest BCUT2D eigenvalue weighted by Gasteiger charge is 2.14. The van der Waals surface area contributed by atoms with E-state index in [1.807, 2.05) is 6.92 Å². The summed E-state index contributed by atoms with van der Waals surface area (Å²) >= 11 is 13.0. The largest absolute Gasteiger partial charge is 0.477 e. The summed E-state index contributed by atoms with van der Waals surface area (Å²) < 4.78 is 0. The van der Waals surface area contributed by atoms with Crippen molar-refractivity contribution in [1.29, 1.82) is 0 Å². The molecule has 0 saturated heterocycles. The second kappa shape index (κ2) is 7.67. The van der Waals surface area contributed by atoms with Gasteiger partial charge in [0.25, 0.3) is 0 Å². The SMILES string of the molecule is CCCc1nc(S/C(=C\c2cccc(Cl)c2Cl)C(=O)O)n[nH]1. The molecule has 2 aromatic rings. The van der Waals surface area contributed by atoms with Gasteiger partial charge in [-0.25, -0.2) is 9.78 Å². The molecule has 22 heavy (non-hydrogen) atoms. The van der Waals surface area contributed by atoms with Crippen LogP contribution in [-0.2, 0) is 11.2 Å². The van der Waals surface area contributed by atoms with Crippen molar-refractivity contribution in [3.63, 3.8) is 0 Å². The van der Waals surface area contributed by atoms with Gasteiger partial charge in [0.1, 0.15) is 10.7 Å². The molecule has 1 aromatic carbocycles. The number of carboxylic acid groups (broad SMARTS) is 1. The molecule has 0 amide bonds. The molecule has 0 fully saturated rings. The summed E-state index contributed by atoms with van der Waals surface area (Å²) in [6.07, 6.45) is 3.15. The van der Waals surface area contributed by atoms with Crippen molar-refractivity contribution in [3.05, 3.63) is 44.5 Å². The van der Waals surface area contributed by atoms with Crippen molar-refractivity contribution in [3.8, 4) is 0 Å². The molecule has 0 saturated carbocycles. The first-order valence-electron chi connectivity index (χ1n) is 6.49. The zero-order valence-electron chi connectivity index (χ0n) is 11.6. The number of hydrogen-bond donors (Lipinski definition) is 2. The minimum atomic E-state index is -1.08. The predicted molar refractivity (Wildman–Crippen MR) is 88.3 cm³/mol. The third kappa shape index (κ3) is 4.25. The lowest BCUT2D eigenvalue weighted by Gasteiger charge is -2.03. The number of carboxylic acids is 1. The summed E-state index contributed by atoms with van der Waals surface area (Å²) in [7, 11) is 0. The average Bonchev–Trinajstić information content (AvgIpc) is 2.90. The topological polar surface area (TPSA) is 78.9 Å². The summed E-state index contributed by atoms with van der Waals surface area (Å²) in [6.45, 7) is 2.03. The van der Waals surface area contributed by atoms with Gasteiger partial charge in [-0.15, -0.1) is 5.10 Å². The molecule has 5 nitrogen and oxygen atoms in total.